The van der Waals surface area contributed by atoms with Gasteiger partial charge < -0.3 is 24.6 Å². The first-order chi connectivity index (χ1) is 15.8. The highest BCUT2D eigenvalue weighted by molar-refractivity contribution is 5.83. The molecule has 4 rings (SSSR count). The Balaban J connectivity index is 1.76. The number of nitrogens with one attached hydrogen (secondary N) is 1. The number of halogens is 2. The maximum Gasteiger partial charge on any atom is 0.329 e. The van der Waals surface area contributed by atoms with E-state index >= 15 is 0 Å². The van der Waals surface area contributed by atoms with E-state index in [1.807, 2.05) is 0 Å². The lowest BCUT2D eigenvalue weighted by atomic mass is 9.89. The van der Waals surface area contributed by atoms with Crippen LogP contribution in [0.5, 0.6) is 5.88 Å². The molecule has 2 N–H and O–H groups in total. The summed E-state index contributed by atoms with van der Waals surface area (Å²) in [4.78, 5) is 16.2. The van der Waals surface area contributed by atoms with Gasteiger partial charge in [0.1, 0.15) is 5.54 Å². The van der Waals surface area contributed by atoms with Gasteiger partial charge in [0.25, 0.3) is 6.43 Å². The zero-order valence-electron chi connectivity index (χ0n) is 18.7. The summed E-state index contributed by atoms with van der Waals surface area (Å²) in [5.41, 5.74) is 1.32. The highest BCUT2D eigenvalue weighted by Gasteiger charge is 2.40. The standard InChI is InChI=1S/C24H28F2N2O5/c1-14-11-19(20(21(25)26)22(27-14)31-2)18-6-3-16(12-15(18)13-33-17-4-5-17)28-24(23(29)30)7-9-32-10-8-24/h3,6,11-12,17,21,28H,4-5,7-10,13H2,1-2H3,(H,29,30). The van der Waals surface area contributed by atoms with Gasteiger partial charge in [-0.1, -0.05) is 6.07 Å². The average molecular weight is 462 g/mol. The number of hydrogen-bond donors (Lipinski definition) is 2. The number of nitrogens with zero attached hydrogens (tertiary/aromatic N) is 1. The molecule has 2 heterocycles. The monoisotopic (exact) mass is 462 g/mol. The van der Waals surface area contributed by atoms with Crippen molar-refractivity contribution < 1.29 is 32.9 Å². The highest BCUT2D eigenvalue weighted by atomic mass is 19.3. The van der Waals surface area contributed by atoms with Crippen molar-refractivity contribution in [2.24, 2.45) is 0 Å². The molecule has 0 radical (unpaired) electrons. The SMILES string of the molecule is COc1nc(C)cc(-c2ccc(NC3(C(=O)O)CCOCC3)cc2COC2CC2)c1C(F)F. The number of carboxylic acids is 1. The summed E-state index contributed by atoms with van der Waals surface area (Å²) in [6, 6.07) is 6.84. The molecule has 1 saturated heterocycles. The predicted octanol–water partition coefficient (Wildman–Crippen LogP) is 4.73. The Labute approximate surface area is 191 Å². The van der Waals surface area contributed by atoms with E-state index < -0.39 is 17.9 Å². The fourth-order valence-electron chi connectivity index (χ4n) is 4.13. The number of alkyl halides is 2. The quantitative estimate of drug-likeness (QED) is 0.557. The summed E-state index contributed by atoms with van der Waals surface area (Å²) >= 11 is 0. The second-order valence-electron chi connectivity index (χ2n) is 8.54. The van der Waals surface area contributed by atoms with E-state index in [0.717, 1.165) is 12.8 Å². The third kappa shape index (κ3) is 5.09. The lowest BCUT2D eigenvalue weighted by Crippen LogP contribution is -2.50. The fraction of sp³-hybridized carbons (Fsp3) is 0.500. The molecule has 2 aromatic rings. The lowest BCUT2D eigenvalue weighted by Gasteiger charge is -2.35. The van der Waals surface area contributed by atoms with Crippen molar-refractivity contribution in [2.75, 3.05) is 25.6 Å². The molecule has 1 saturated carbocycles. The Bertz CT molecular complexity index is 1020. The molecule has 1 aliphatic carbocycles. The molecule has 7 nitrogen and oxygen atoms in total. The first-order valence-corrected chi connectivity index (χ1v) is 11.0. The van der Waals surface area contributed by atoms with Gasteiger partial charge >= 0.3 is 5.97 Å². The van der Waals surface area contributed by atoms with Crippen molar-refractivity contribution in [3.8, 4) is 17.0 Å². The second kappa shape index (κ2) is 9.61. The van der Waals surface area contributed by atoms with E-state index in [0.29, 0.717) is 54.1 Å². The molecule has 178 valence electrons. The van der Waals surface area contributed by atoms with Crippen molar-refractivity contribution in [3.63, 3.8) is 0 Å². The van der Waals surface area contributed by atoms with Crippen LogP contribution in [0.25, 0.3) is 11.1 Å². The molecule has 9 heteroatoms. The van der Waals surface area contributed by atoms with Gasteiger partial charge in [0, 0.05) is 37.4 Å². The number of aromatic nitrogens is 1. The molecule has 0 unspecified atom stereocenters. The van der Waals surface area contributed by atoms with Gasteiger partial charge in [-0.25, -0.2) is 18.6 Å². The molecule has 0 bridgehead atoms. The van der Waals surface area contributed by atoms with Crippen molar-refractivity contribution >= 4 is 11.7 Å². The summed E-state index contributed by atoms with van der Waals surface area (Å²) in [6.07, 6.45) is -0.0170. The van der Waals surface area contributed by atoms with Gasteiger partial charge in [-0.3, -0.25) is 0 Å². The first kappa shape index (κ1) is 23.4. The van der Waals surface area contributed by atoms with Crippen molar-refractivity contribution in [1.29, 1.82) is 0 Å². The number of aliphatic carboxylic acids is 1. The van der Waals surface area contributed by atoms with Gasteiger partial charge in [-0.15, -0.1) is 0 Å². The number of hydrogen-bond acceptors (Lipinski definition) is 6. The Kier molecular flexibility index (Phi) is 6.81. The molecule has 0 amide bonds. The third-order valence-electron chi connectivity index (χ3n) is 6.10. The van der Waals surface area contributed by atoms with E-state index in [1.54, 1.807) is 31.2 Å². The molecule has 1 aromatic carbocycles. The maximum absolute atomic E-state index is 14.0. The van der Waals surface area contributed by atoms with Gasteiger partial charge in [0.15, 0.2) is 0 Å². The number of ether oxygens (including phenoxy) is 3. The number of carbonyl (C=O) groups is 1. The van der Waals surface area contributed by atoms with E-state index in [4.69, 9.17) is 14.2 Å². The van der Waals surface area contributed by atoms with E-state index in [1.165, 1.54) is 7.11 Å². The molecular formula is C24H28F2N2O5. The minimum absolute atomic E-state index is 0.108. The van der Waals surface area contributed by atoms with Crippen LogP contribution >= 0.6 is 0 Å². The van der Waals surface area contributed by atoms with Crippen LogP contribution in [-0.4, -0.2) is 48.0 Å². The molecule has 33 heavy (non-hydrogen) atoms. The minimum atomic E-state index is -2.78. The Hall–Kier alpha value is -2.78. The van der Waals surface area contributed by atoms with E-state index in [2.05, 4.69) is 10.3 Å². The van der Waals surface area contributed by atoms with Crippen LogP contribution in [0.15, 0.2) is 24.3 Å². The number of carboxylic acid groups (broad SMARTS) is 1. The summed E-state index contributed by atoms with van der Waals surface area (Å²) < 4.78 is 44.5. The Morgan fingerprint density at radius 1 is 1.27 bits per heavy atom. The molecule has 2 fully saturated rings. The average Bonchev–Trinajstić information content (AvgIpc) is 3.62. The summed E-state index contributed by atoms with van der Waals surface area (Å²) in [6.45, 7) is 2.65. The minimum Gasteiger partial charge on any atom is -0.481 e. The molecule has 1 aromatic heterocycles. The van der Waals surface area contributed by atoms with Crippen LogP contribution < -0.4 is 10.1 Å². The fourth-order valence-corrected chi connectivity index (χ4v) is 4.13. The normalized spacial score (nSPS) is 17.7. The van der Waals surface area contributed by atoms with Crippen LogP contribution in [0, 0.1) is 6.92 Å². The highest BCUT2D eigenvalue weighted by Crippen LogP contribution is 2.40. The summed E-state index contributed by atoms with van der Waals surface area (Å²) in [5, 5.41) is 13.0. The molecule has 0 atom stereocenters. The van der Waals surface area contributed by atoms with Gasteiger partial charge in [-0.05, 0) is 54.7 Å². The van der Waals surface area contributed by atoms with Crippen LogP contribution in [0.2, 0.25) is 0 Å². The van der Waals surface area contributed by atoms with Crippen molar-refractivity contribution in [2.45, 2.75) is 57.3 Å². The number of anilines is 1. The van der Waals surface area contributed by atoms with Crippen LogP contribution in [-0.2, 0) is 20.9 Å². The Morgan fingerprint density at radius 2 is 2.00 bits per heavy atom. The first-order valence-electron chi connectivity index (χ1n) is 11.0. The van der Waals surface area contributed by atoms with Crippen LogP contribution in [0.4, 0.5) is 14.5 Å². The van der Waals surface area contributed by atoms with Gasteiger partial charge in [0.05, 0.1) is 25.4 Å². The second-order valence-corrected chi connectivity index (χ2v) is 8.54. The molecule has 2 aliphatic rings. The van der Waals surface area contributed by atoms with Crippen molar-refractivity contribution in [1.82, 2.24) is 4.98 Å². The topological polar surface area (TPSA) is 89.9 Å². The van der Waals surface area contributed by atoms with E-state index in [9.17, 15) is 18.7 Å². The van der Waals surface area contributed by atoms with Crippen molar-refractivity contribution in [3.05, 3.63) is 41.1 Å². The number of methoxy groups -OCH3 is 1. The molecule has 0 spiro atoms. The van der Waals surface area contributed by atoms with Gasteiger partial charge in [0.2, 0.25) is 5.88 Å². The number of rotatable bonds is 9. The lowest BCUT2D eigenvalue weighted by molar-refractivity contribution is -0.145. The van der Waals surface area contributed by atoms with Crippen LogP contribution in [0.3, 0.4) is 0 Å². The zero-order chi connectivity index (χ0) is 23.6. The summed E-state index contributed by atoms with van der Waals surface area (Å²) in [5.74, 6) is -1.05. The van der Waals surface area contributed by atoms with Gasteiger partial charge in [-0.2, -0.15) is 0 Å². The zero-order valence-corrected chi connectivity index (χ0v) is 18.7. The third-order valence-corrected chi connectivity index (χ3v) is 6.10. The number of pyridine rings is 1. The Morgan fingerprint density at radius 3 is 2.61 bits per heavy atom. The largest absolute Gasteiger partial charge is 0.481 e. The maximum atomic E-state index is 14.0. The predicted molar refractivity (Wildman–Crippen MR) is 118 cm³/mol. The number of benzene rings is 1. The smallest absolute Gasteiger partial charge is 0.329 e. The van der Waals surface area contributed by atoms with E-state index in [-0.39, 0.29) is 24.2 Å². The molecule has 1 aliphatic heterocycles. The number of aryl methyl sites for hydroxylation is 1. The van der Waals surface area contributed by atoms with Crippen LogP contribution in [0.1, 0.15) is 48.9 Å². The molecular weight excluding hydrogens is 434 g/mol. The summed E-state index contributed by atoms with van der Waals surface area (Å²) in [7, 11) is 1.32.